The van der Waals surface area contributed by atoms with Crippen LogP contribution in [0.3, 0.4) is 0 Å². The molecule has 0 unspecified atom stereocenters. The molecule has 0 radical (unpaired) electrons. The minimum atomic E-state index is -0.408. The summed E-state index contributed by atoms with van der Waals surface area (Å²) in [5.74, 6) is -0.405. The second kappa shape index (κ2) is 6.37. The van der Waals surface area contributed by atoms with E-state index in [0.29, 0.717) is 16.3 Å². The van der Waals surface area contributed by atoms with E-state index < -0.39 is 11.2 Å². The van der Waals surface area contributed by atoms with Gasteiger partial charge >= 0.3 is 0 Å². The van der Waals surface area contributed by atoms with Crippen LogP contribution < -0.4 is 10.7 Å². The zero-order chi connectivity index (χ0) is 15.4. The van der Waals surface area contributed by atoms with Gasteiger partial charge in [0, 0.05) is 36.1 Å². The second-order valence-electron chi connectivity index (χ2n) is 4.39. The van der Waals surface area contributed by atoms with Crippen LogP contribution in [-0.2, 0) is 0 Å². The van der Waals surface area contributed by atoms with E-state index in [1.807, 2.05) is 0 Å². The van der Waals surface area contributed by atoms with Crippen LogP contribution in [0.15, 0.2) is 53.1 Å². The van der Waals surface area contributed by atoms with Crippen molar-refractivity contribution in [2.45, 2.75) is 6.92 Å². The highest BCUT2D eigenvalue weighted by molar-refractivity contribution is 6.30. The van der Waals surface area contributed by atoms with Crippen LogP contribution in [0.1, 0.15) is 17.4 Å². The summed E-state index contributed by atoms with van der Waals surface area (Å²) in [5.41, 5.74) is 0.602. The molecule has 1 heterocycles. The fraction of sp³-hybridized carbons (Fsp3) is 0.133. The summed E-state index contributed by atoms with van der Waals surface area (Å²) in [6.07, 6.45) is 3.04. The fourth-order valence-electron chi connectivity index (χ4n) is 1.77. The van der Waals surface area contributed by atoms with E-state index in [-0.39, 0.29) is 5.69 Å². The Balaban J connectivity index is 2.47. The number of nitrogens with one attached hydrogen (secondary N) is 1. The van der Waals surface area contributed by atoms with Gasteiger partial charge in [-0.25, -0.2) is 4.68 Å². The van der Waals surface area contributed by atoms with E-state index in [4.69, 9.17) is 11.6 Å². The first-order valence-corrected chi connectivity index (χ1v) is 6.65. The molecular formula is C15H14ClN3O2. The number of ketones is 1. The summed E-state index contributed by atoms with van der Waals surface area (Å²) in [7, 11) is 1.68. The van der Waals surface area contributed by atoms with Gasteiger partial charge in [-0.1, -0.05) is 11.6 Å². The van der Waals surface area contributed by atoms with Gasteiger partial charge in [-0.3, -0.25) is 9.59 Å². The number of hydrogen-bond acceptors (Lipinski definition) is 4. The van der Waals surface area contributed by atoms with Gasteiger partial charge in [-0.05, 0) is 31.2 Å². The highest BCUT2D eigenvalue weighted by Crippen LogP contribution is 2.12. The number of carbonyl (C=O) groups is 1. The predicted molar refractivity (Wildman–Crippen MR) is 82.0 cm³/mol. The number of rotatable bonds is 4. The van der Waals surface area contributed by atoms with E-state index in [1.54, 1.807) is 38.2 Å². The molecule has 21 heavy (non-hydrogen) atoms. The molecule has 0 saturated carbocycles. The highest BCUT2D eigenvalue weighted by Gasteiger charge is 2.15. The number of aromatic nitrogens is 2. The van der Waals surface area contributed by atoms with Gasteiger partial charge in [0.25, 0.3) is 0 Å². The molecule has 2 aromatic rings. The van der Waals surface area contributed by atoms with Crippen LogP contribution in [-0.4, -0.2) is 22.6 Å². The number of carbonyl (C=O) groups excluding carboxylic acids is 1. The third-order valence-electron chi connectivity index (χ3n) is 2.83. The first-order valence-electron chi connectivity index (χ1n) is 6.27. The van der Waals surface area contributed by atoms with E-state index in [2.05, 4.69) is 10.4 Å². The van der Waals surface area contributed by atoms with E-state index in [1.165, 1.54) is 23.1 Å². The normalized spacial score (nSPS) is 11.3. The van der Waals surface area contributed by atoms with Crippen molar-refractivity contribution < 1.29 is 4.79 Å². The van der Waals surface area contributed by atoms with Crippen molar-refractivity contribution in [1.29, 1.82) is 0 Å². The predicted octanol–water partition coefficient (Wildman–Crippen LogP) is 2.19. The van der Waals surface area contributed by atoms with Gasteiger partial charge < -0.3 is 5.32 Å². The zero-order valence-electron chi connectivity index (χ0n) is 11.6. The summed E-state index contributed by atoms with van der Waals surface area (Å²) < 4.78 is 1.47. The van der Waals surface area contributed by atoms with Crippen molar-refractivity contribution in [2.24, 2.45) is 0 Å². The molecule has 1 aromatic heterocycles. The van der Waals surface area contributed by atoms with Gasteiger partial charge in [0.15, 0.2) is 5.69 Å². The number of benzene rings is 1. The largest absolute Gasteiger partial charge is 0.394 e. The smallest absolute Gasteiger partial charge is 0.214 e. The van der Waals surface area contributed by atoms with Crippen molar-refractivity contribution in [1.82, 2.24) is 15.1 Å². The van der Waals surface area contributed by atoms with Gasteiger partial charge in [-0.2, -0.15) is 5.10 Å². The molecule has 0 amide bonds. The molecular weight excluding hydrogens is 290 g/mol. The molecule has 0 spiro atoms. The molecule has 0 atom stereocenters. The topological polar surface area (TPSA) is 64.0 Å². The van der Waals surface area contributed by atoms with Crippen LogP contribution >= 0.6 is 11.6 Å². The van der Waals surface area contributed by atoms with Crippen molar-refractivity contribution in [3.8, 4) is 5.69 Å². The number of nitrogens with zero attached hydrogens (tertiary/aromatic N) is 2. The first-order chi connectivity index (χ1) is 10.0. The SMILES string of the molecule is CN/C=C(\C)C(=O)c1nn(-c2ccc(Cl)cc2)ccc1=O. The van der Waals surface area contributed by atoms with Crippen LogP contribution in [0.5, 0.6) is 0 Å². The maximum Gasteiger partial charge on any atom is 0.214 e. The molecule has 0 fully saturated rings. The zero-order valence-corrected chi connectivity index (χ0v) is 12.4. The maximum atomic E-state index is 12.2. The van der Waals surface area contributed by atoms with E-state index in [9.17, 15) is 9.59 Å². The van der Waals surface area contributed by atoms with E-state index in [0.717, 1.165) is 0 Å². The molecule has 0 aliphatic carbocycles. The highest BCUT2D eigenvalue weighted by atomic mass is 35.5. The lowest BCUT2D eigenvalue weighted by Crippen LogP contribution is -2.21. The molecule has 1 N–H and O–H groups in total. The minimum absolute atomic E-state index is 0.114. The standard InChI is InChI=1S/C15H14ClN3O2/c1-10(9-17-2)15(21)14-13(20)7-8-19(18-14)12-5-3-11(16)4-6-12/h3-9,17H,1-2H3/b10-9+. The Hall–Kier alpha value is -2.40. The Bertz CT molecular complexity index is 748. The Morgan fingerprint density at radius 3 is 2.57 bits per heavy atom. The monoisotopic (exact) mass is 303 g/mol. The third-order valence-corrected chi connectivity index (χ3v) is 3.09. The summed E-state index contributed by atoms with van der Waals surface area (Å²) >= 11 is 5.83. The summed E-state index contributed by atoms with van der Waals surface area (Å²) in [6.45, 7) is 1.62. The Kier molecular flexibility index (Phi) is 4.55. The summed E-state index contributed by atoms with van der Waals surface area (Å²) in [5, 5.41) is 7.48. The average molecular weight is 304 g/mol. The molecule has 0 saturated heterocycles. The maximum absolute atomic E-state index is 12.2. The Morgan fingerprint density at radius 2 is 1.95 bits per heavy atom. The van der Waals surface area contributed by atoms with Crippen molar-refractivity contribution >= 4 is 17.4 Å². The third kappa shape index (κ3) is 3.38. The molecule has 5 nitrogen and oxygen atoms in total. The Labute approximate surface area is 126 Å². The number of halogens is 1. The van der Waals surface area contributed by atoms with Crippen LogP contribution in [0.25, 0.3) is 5.69 Å². The Morgan fingerprint density at radius 1 is 1.29 bits per heavy atom. The van der Waals surface area contributed by atoms with Gasteiger partial charge in [0.1, 0.15) is 0 Å². The molecule has 0 bridgehead atoms. The summed E-state index contributed by atoms with van der Waals surface area (Å²) in [4.78, 5) is 24.0. The molecule has 6 heteroatoms. The molecule has 1 aromatic carbocycles. The van der Waals surface area contributed by atoms with Crippen molar-refractivity contribution in [3.63, 3.8) is 0 Å². The fourth-order valence-corrected chi connectivity index (χ4v) is 1.90. The lowest BCUT2D eigenvalue weighted by Gasteiger charge is -2.07. The van der Waals surface area contributed by atoms with Crippen LogP contribution in [0.2, 0.25) is 5.02 Å². The van der Waals surface area contributed by atoms with E-state index >= 15 is 0 Å². The average Bonchev–Trinajstić information content (AvgIpc) is 2.48. The van der Waals surface area contributed by atoms with Gasteiger partial charge in [0.05, 0.1) is 5.69 Å². The number of hydrogen-bond donors (Lipinski definition) is 1. The van der Waals surface area contributed by atoms with Crippen LogP contribution in [0.4, 0.5) is 0 Å². The quantitative estimate of drug-likeness (QED) is 0.694. The molecule has 2 rings (SSSR count). The van der Waals surface area contributed by atoms with Gasteiger partial charge in [-0.15, -0.1) is 0 Å². The lowest BCUT2D eigenvalue weighted by molar-refractivity contribution is 0.102. The number of Topliss-reactive ketones (excluding diaryl/α,β-unsaturated/α-hetero) is 1. The first kappa shape index (κ1) is 15.0. The summed E-state index contributed by atoms with van der Waals surface area (Å²) in [6, 6.07) is 8.25. The molecule has 0 aliphatic heterocycles. The van der Waals surface area contributed by atoms with Gasteiger partial charge in [0.2, 0.25) is 11.2 Å². The number of allylic oxidation sites excluding steroid dienone is 1. The molecule has 108 valence electrons. The molecule has 0 aliphatic rings. The van der Waals surface area contributed by atoms with Crippen molar-refractivity contribution in [2.75, 3.05) is 7.05 Å². The lowest BCUT2D eigenvalue weighted by atomic mass is 10.1. The van der Waals surface area contributed by atoms with Crippen molar-refractivity contribution in [3.05, 3.63) is 69.2 Å². The van der Waals surface area contributed by atoms with Crippen LogP contribution in [0, 0.1) is 0 Å². The second-order valence-corrected chi connectivity index (χ2v) is 4.83. The minimum Gasteiger partial charge on any atom is -0.394 e.